The maximum Gasteiger partial charge on any atom is 0.325 e. The van der Waals surface area contributed by atoms with E-state index in [-0.39, 0.29) is 11.9 Å². The van der Waals surface area contributed by atoms with Crippen molar-refractivity contribution in [2.75, 3.05) is 13.6 Å². The van der Waals surface area contributed by atoms with E-state index in [9.17, 15) is 14.7 Å². The van der Waals surface area contributed by atoms with Gasteiger partial charge in [-0.05, 0) is 18.4 Å². The predicted octanol–water partition coefficient (Wildman–Crippen LogP) is 1.02. The molecule has 2 N–H and O–H groups in total. The number of likely N-dealkylation sites (N-methyl/N-ethyl adjacent to an activating group) is 1. The van der Waals surface area contributed by atoms with Gasteiger partial charge in [0.25, 0.3) is 0 Å². The molecule has 1 aromatic rings. The van der Waals surface area contributed by atoms with E-state index < -0.39 is 12.0 Å². The van der Waals surface area contributed by atoms with E-state index in [1.54, 1.807) is 24.1 Å². The molecule has 2 atom stereocenters. The SMILES string of the molecule is CNC(=O)C1CCCN1C(C(=O)O)c1ccccc1. The molecule has 1 heterocycles. The average Bonchev–Trinajstić information content (AvgIpc) is 2.88. The Bertz CT molecular complexity index is 461. The van der Waals surface area contributed by atoms with Gasteiger partial charge in [-0.25, -0.2) is 0 Å². The minimum Gasteiger partial charge on any atom is -0.480 e. The van der Waals surface area contributed by atoms with Crippen molar-refractivity contribution in [2.24, 2.45) is 0 Å². The number of hydrogen-bond donors (Lipinski definition) is 2. The van der Waals surface area contributed by atoms with Crippen molar-refractivity contribution in [3.8, 4) is 0 Å². The van der Waals surface area contributed by atoms with E-state index in [4.69, 9.17) is 0 Å². The van der Waals surface area contributed by atoms with E-state index in [0.29, 0.717) is 18.5 Å². The van der Waals surface area contributed by atoms with Crippen molar-refractivity contribution >= 4 is 11.9 Å². The summed E-state index contributed by atoms with van der Waals surface area (Å²) in [6, 6.07) is 7.95. The fourth-order valence-electron chi connectivity index (χ4n) is 2.66. The van der Waals surface area contributed by atoms with Crippen LogP contribution in [0.2, 0.25) is 0 Å². The number of carboxylic acid groups (broad SMARTS) is 1. The number of likely N-dealkylation sites (tertiary alicyclic amines) is 1. The molecule has 0 saturated carbocycles. The first-order chi connectivity index (χ1) is 9.15. The lowest BCUT2D eigenvalue weighted by atomic mass is 10.0. The smallest absolute Gasteiger partial charge is 0.325 e. The summed E-state index contributed by atoms with van der Waals surface area (Å²) in [5, 5.41) is 12.1. The van der Waals surface area contributed by atoms with E-state index in [1.807, 2.05) is 18.2 Å². The Balaban J connectivity index is 2.29. The van der Waals surface area contributed by atoms with Crippen LogP contribution in [0.25, 0.3) is 0 Å². The molecule has 0 spiro atoms. The Morgan fingerprint density at radius 2 is 2.05 bits per heavy atom. The highest BCUT2D eigenvalue weighted by Gasteiger charge is 2.38. The first kappa shape index (κ1) is 13.5. The fraction of sp³-hybridized carbons (Fsp3) is 0.429. The molecule has 0 bridgehead atoms. The van der Waals surface area contributed by atoms with Gasteiger partial charge in [-0.15, -0.1) is 0 Å². The largest absolute Gasteiger partial charge is 0.480 e. The lowest BCUT2D eigenvalue weighted by molar-refractivity contribution is -0.145. The second-order valence-corrected chi connectivity index (χ2v) is 4.66. The maximum absolute atomic E-state index is 11.8. The highest BCUT2D eigenvalue weighted by molar-refractivity contribution is 5.83. The molecule has 2 rings (SSSR count). The number of hydrogen-bond acceptors (Lipinski definition) is 3. The van der Waals surface area contributed by atoms with Crippen LogP contribution in [0.1, 0.15) is 24.4 Å². The zero-order valence-electron chi connectivity index (χ0n) is 10.9. The van der Waals surface area contributed by atoms with Crippen LogP contribution in [0.5, 0.6) is 0 Å². The number of benzene rings is 1. The van der Waals surface area contributed by atoms with Crippen molar-refractivity contribution in [2.45, 2.75) is 24.9 Å². The number of aliphatic carboxylic acids is 1. The van der Waals surface area contributed by atoms with Crippen LogP contribution >= 0.6 is 0 Å². The Hall–Kier alpha value is -1.88. The Morgan fingerprint density at radius 1 is 1.37 bits per heavy atom. The summed E-state index contributed by atoms with van der Waals surface area (Å²) < 4.78 is 0. The Labute approximate surface area is 112 Å². The molecule has 1 aliphatic rings. The third-order valence-electron chi connectivity index (χ3n) is 3.52. The highest BCUT2D eigenvalue weighted by Crippen LogP contribution is 2.29. The summed E-state index contributed by atoms with van der Waals surface area (Å²) in [6.45, 7) is 0.629. The van der Waals surface area contributed by atoms with Crippen molar-refractivity contribution < 1.29 is 14.7 Å². The van der Waals surface area contributed by atoms with Crippen LogP contribution in [-0.2, 0) is 9.59 Å². The molecular weight excluding hydrogens is 244 g/mol. The van der Waals surface area contributed by atoms with E-state index in [1.165, 1.54) is 0 Å². The molecule has 5 heteroatoms. The quantitative estimate of drug-likeness (QED) is 0.850. The van der Waals surface area contributed by atoms with Gasteiger partial charge in [0.2, 0.25) is 5.91 Å². The lowest BCUT2D eigenvalue weighted by Crippen LogP contribution is -2.45. The first-order valence-corrected chi connectivity index (χ1v) is 6.40. The number of rotatable bonds is 4. The maximum atomic E-state index is 11.8. The number of nitrogens with zero attached hydrogens (tertiary/aromatic N) is 1. The lowest BCUT2D eigenvalue weighted by Gasteiger charge is -2.29. The summed E-state index contributed by atoms with van der Waals surface area (Å²) in [5.74, 6) is -1.03. The third-order valence-corrected chi connectivity index (χ3v) is 3.52. The normalized spacial score (nSPS) is 21.0. The van der Waals surface area contributed by atoms with Gasteiger partial charge in [-0.1, -0.05) is 30.3 Å². The minimum absolute atomic E-state index is 0.111. The third kappa shape index (κ3) is 2.76. The van der Waals surface area contributed by atoms with Crippen LogP contribution in [0.3, 0.4) is 0 Å². The van der Waals surface area contributed by atoms with Gasteiger partial charge in [-0.2, -0.15) is 0 Å². The fourth-order valence-corrected chi connectivity index (χ4v) is 2.66. The van der Waals surface area contributed by atoms with Crippen LogP contribution in [-0.4, -0.2) is 41.5 Å². The van der Waals surface area contributed by atoms with Crippen LogP contribution < -0.4 is 5.32 Å². The number of carbonyl (C=O) groups excluding carboxylic acids is 1. The Morgan fingerprint density at radius 3 is 2.63 bits per heavy atom. The number of carboxylic acids is 1. The van der Waals surface area contributed by atoms with Crippen molar-refractivity contribution in [1.29, 1.82) is 0 Å². The van der Waals surface area contributed by atoms with Crippen molar-refractivity contribution in [1.82, 2.24) is 10.2 Å². The minimum atomic E-state index is -0.915. The number of amides is 1. The molecular formula is C14H18N2O3. The zero-order chi connectivity index (χ0) is 13.8. The van der Waals surface area contributed by atoms with Gasteiger partial charge in [0.15, 0.2) is 0 Å². The van der Waals surface area contributed by atoms with Crippen LogP contribution in [0.4, 0.5) is 0 Å². The van der Waals surface area contributed by atoms with Crippen molar-refractivity contribution in [3.63, 3.8) is 0 Å². The summed E-state index contributed by atoms with van der Waals surface area (Å²) in [5.41, 5.74) is 0.714. The zero-order valence-corrected chi connectivity index (χ0v) is 10.9. The van der Waals surface area contributed by atoms with E-state index >= 15 is 0 Å². The predicted molar refractivity (Wildman–Crippen MR) is 70.6 cm³/mol. The van der Waals surface area contributed by atoms with Gasteiger partial charge in [0.1, 0.15) is 6.04 Å². The van der Waals surface area contributed by atoms with E-state index in [0.717, 1.165) is 6.42 Å². The number of carbonyl (C=O) groups is 2. The summed E-state index contributed by atoms with van der Waals surface area (Å²) in [7, 11) is 1.58. The molecule has 0 aliphatic carbocycles. The van der Waals surface area contributed by atoms with Gasteiger partial charge in [0.05, 0.1) is 6.04 Å². The molecule has 1 aromatic carbocycles. The number of nitrogens with one attached hydrogen (secondary N) is 1. The summed E-state index contributed by atoms with van der Waals surface area (Å²) >= 11 is 0. The molecule has 1 saturated heterocycles. The summed E-state index contributed by atoms with van der Waals surface area (Å²) in [6.07, 6.45) is 1.55. The standard InChI is InChI=1S/C14H18N2O3/c1-15-13(17)11-8-5-9-16(11)12(14(18)19)10-6-3-2-4-7-10/h2-4,6-7,11-12H,5,8-9H2,1H3,(H,15,17)(H,18,19). The van der Waals surface area contributed by atoms with Gasteiger partial charge in [-0.3, -0.25) is 14.5 Å². The van der Waals surface area contributed by atoms with Gasteiger partial charge in [0, 0.05) is 13.6 Å². The average molecular weight is 262 g/mol. The second-order valence-electron chi connectivity index (χ2n) is 4.66. The molecule has 2 unspecified atom stereocenters. The molecule has 1 amide bonds. The van der Waals surface area contributed by atoms with Crippen LogP contribution in [0, 0.1) is 0 Å². The molecule has 19 heavy (non-hydrogen) atoms. The van der Waals surface area contributed by atoms with Crippen molar-refractivity contribution in [3.05, 3.63) is 35.9 Å². The van der Waals surface area contributed by atoms with Gasteiger partial charge >= 0.3 is 5.97 Å². The topological polar surface area (TPSA) is 69.6 Å². The van der Waals surface area contributed by atoms with E-state index in [2.05, 4.69) is 5.32 Å². The monoisotopic (exact) mass is 262 g/mol. The van der Waals surface area contributed by atoms with Crippen LogP contribution in [0.15, 0.2) is 30.3 Å². The molecule has 102 valence electrons. The molecule has 0 radical (unpaired) electrons. The Kier molecular flexibility index (Phi) is 4.16. The molecule has 1 aliphatic heterocycles. The first-order valence-electron chi connectivity index (χ1n) is 6.40. The second kappa shape index (κ2) is 5.84. The van der Waals surface area contributed by atoms with Gasteiger partial charge < -0.3 is 10.4 Å². The molecule has 1 fully saturated rings. The molecule has 0 aromatic heterocycles. The summed E-state index contributed by atoms with van der Waals surface area (Å²) in [4.78, 5) is 25.2. The molecule has 5 nitrogen and oxygen atoms in total. The highest BCUT2D eigenvalue weighted by atomic mass is 16.4.